The lowest BCUT2D eigenvalue weighted by Gasteiger charge is -2.26. The third-order valence-corrected chi connectivity index (χ3v) is 4.79. The van der Waals surface area contributed by atoms with E-state index in [0.29, 0.717) is 12.0 Å². The molecule has 2 atom stereocenters. The number of benzene rings is 1. The zero-order chi connectivity index (χ0) is 11.8. The molecule has 3 heteroatoms. The van der Waals surface area contributed by atoms with Gasteiger partial charge >= 0.3 is 0 Å². The largest absolute Gasteiger partial charge is 0.314 e. The number of hydrogen-bond acceptors (Lipinski definition) is 3. The monoisotopic (exact) mass is 246 g/mol. The Morgan fingerprint density at radius 2 is 2.29 bits per heavy atom. The van der Waals surface area contributed by atoms with Gasteiger partial charge in [-0.2, -0.15) is 0 Å². The van der Waals surface area contributed by atoms with Gasteiger partial charge in [0.1, 0.15) is 0 Å². The Morgan fingerprint density at radius 1 is 1.41 bits per heavy atom. The zero-order valence-corrected chi connectivity index (χ0v) is 11.2. The van der Waals surface area contributed by atoms with E-state index in [4.69, 9.17) is 4.98 Å². The van der Waals surface area contributed by atoms with E-state index in [2.05, 4.69) is 37.4 Å². The molecule has 90 valence electrons. The molecule has 1 saturated heterocycles. The molecule has 1 aromatic heterocycles. The second-order valence-electron chi connectivity index (χ2n) is 5.05. The van der Waals surface area contributed by atoms with Crippen LogP contribution in [-0.2, 0) is 0 Å². The summed E-state index contributed by atoms with van der Waals surface area (Å²) in [6.07, 6.45) is 2.45. The number of thiazole rings is 1. The Labute approximate surface area is 106 Å². The van der Waals surface area contributed by atoms with Crippen molar-refractivity contribution in [2.24, 2.45) is 0 Å². The second kappa shape index (κ2) is 4.39. The highest BCUT2D eigenvalue weighted by Crippen LogP contribution is 2.34. The smallest absolute Gasteiger partial charge is 0.0970 e. The first-order valence-corrected chi connectivity index (χ1v) is 7.15. The van der Waals surface area contributed by atoms with Crippen molar-refractivity contribution < 1.29 is 0 Å². The maximum Gasteiger partial charge on any atom is 0.0970 e. The average molecular weight is 246 g/mol. The molecule has 2 heterocycles. The van der Waals surface area contributed by atoms with Crippen molar-refractivity contribution in [1.82, 2.24) is 10.3 Å². The van der Waals surface area contributed by atoms with Crippen LogP contribution >= 0.6 is 11.3 Å². The van der Waals surface area contributed by atoms with Gasteiger partial charge in [-0.1, -0.05) is 12.1 Å². The van der Waals surface area contributed by atoms with E-state index in [1.165, 1.54) is 33.6 Å². The summed E-state index contributed by atoms with van der Waals surface area (Å²) in [5.41, 5.74) is 2.51. The lowest BCUT2D eigenvalue weighted by atomic mass is 9.94. The topological polar surface area (TPSA) is 24.9 Å². The molecule has 0 bridgehead atoms. The van der Waals surface area contributed by atoms with Crippen LogP contribution in [0.15, 0.2) is 18.2 Å². The quantitative estimate of drug-likeness (QED) is 0.833. The number of piperidine rings is 1. The summed E-state index contributed by atoms with van der Waals surface area (Å²) in [4.78, 5) is 4.86. The van der Waals surface area contributed by atoms with Crippen LogP contribution in [0, 0.1) is 6.92 Å². The number of aryl methyl sites for hydroxylation is 1. The van der Waals surface area contributed by atoms with Crippen molar-refractivity contribution in [3.63, 3.8) is 0 Å². The predicted octanol–water partition coefficient (Wildman–Crippen LogP) is 3.46. The van der Waals surface area contributed by atoms with E-state index < -0.39 is 0 Å². The minimum atomic E-state index is 0.627. The first kappa shape index (κ1) is 11.2. The van der Waals surface area contributed by atoms with Crippen LogP contribution in [0.2, 0.25) is 0 Å². The van der Waals surface area contributed by atoms with Crippen LogP contribution < -0.4 is 5.32 Å². The molecule has 1 aromatic carbocycles. The van der Waals surface area contributed by atoms with E-state index in [-0.39, 0.29) is 0 Å². The summed E-state index contributed by atoms with van der Waals surface area (Å²) in [6, 6.07) is 7.09. The Kier molecular flexibility index (Phi) is 2.89. The third kappa shape index (κ3) is 2.09. The summed E-state index contributed by atoms with van der Waals surface area (Å²) in [6.45, 7) is 5.54. The van der Waals surface area contributed by atoms with Crippen LogP contribution in [-0.4, -0.2) is 17.6 Å². The molecule has 0 saturated carbocycles. The van der Waals surface area contributed by atoms with Gasteiger partial charge in [0, 0.05) is 12.0 Å². The number of nitrogens with one attached hydrogen (secondary N) is 1. The molecule has 0 aliphatic carbocycles. The van der Waals surface area contributed by atoms with Crippen molar-refractivity contribution in [2.45, 2.75) is 38.6 Å². The summed E-state index contributed by atoms with van der Waals surface area (Å²) in [5.74, 6) is 0.656. The van der Waals surface area contributed by atoms with E-state index in [9.17, 15) is 0 Å². The van der Waals surface area contributed by atoms with Crippen LogP contribution in [0.4, 0.5) is 0 Å². The van der Waals surface area contributed by atoms with Gasteiger partial charge in [0.25, 0.3) is 0 Å². The molecule has 17 heavy (non-hydrogen) atoms. The van der Waals surface area contributed by atoms with Crippen LogP contribution in [0.5, 0.6) is 0 Å². The van der Waals surface area contributed by atoms with Gasteiger partial charge in [-0.15, -0.1) is 11.3 Å². The fraction of sp³-hybridized carbons (Fsp3) is 0.500. The molecule has 0 amide bonds. The summed E-state index contributed by atoms with van der Waals surface area (Å²) < 4.78 is 1.34. The first-order chi connectivity index (χ1) is 8.24. The van der Waals surface area contributed by atoms with E-state index in [1.807, 2.05) is 11.3 Å². The molecule has 1 aliphatic rings. The average Bonchev–Trinajstić information content (AvgIpc) is 2.74. The molecule has 3 rings (SSSR count). The maximum atomic E-state index is 4.86. The number of para-hydroxylation sites is 1. The maximum absolute atomic E-state index is 4.86. The summed E-state index contributed by atoms with van der Waals surface area (Å²) in [7, 11) is 0. The highest BCUT2D eigenvalue weighted by atomic mass is 32.1. The zero-order valence-electron chi connectivity index (χ0n) is 10.4. The molecule has 2 aromatic rings. The molecule has 1 aliphatic heterocycles. The molecular weight excluding hydrogens is 228 g/mol. The molecular formula is C14H18N2S. The molecule has 0 radical (unpaired) electrons. The minimum Gasteiger partial charge on any atom is -0.314 e. The van der Waals surface area contributed by atoms with Gasteiger partial charge in [-0.25, -0.2) is 4.98 Å². The van der Waals surface area contributed by atoms with Gasteiger partial charge in [-0.3, -0.25) is 0 Å². The fourth-order valence-electron chi connectivity index (χ4n) is 2.63. The number of hydrogen-bond donors (Lipinski definition) is 1. The predicted molar refractivity (Wildman–Crippen MR) is 73.8 cm³/mol. The van der Waals surface area contributed by atoms with Gasteiger partial charge in [-0.05, 0) is 44.9 Å². The normalized spacial score (nSPS) is 25.3. The standard InChI is InChI=1S/C14H18N2S/c1-9-4-3-5-12-13(9)16-14(17-12)11-6-7-15-10(2)8-11/h3-5,10-11,15H,6-8H2,1-2H3/t10-,11-/m0/s1. The number of rotatable bonds is 1. The van der Waals surface area contributed by atoms with Crippen LogP contribution in [0.25, 0.3) is 10.2 Å². The second-order valence-corrected chi connectivity index (χ2v) is 6.11. The molecule has 2 nitrogen and oxygen atoms in total. The Hall–Kier alpha value is -0.930. The van der Waals surface area contributed by atoms with Crippen molar-refractivity contribution in [2.75, 3.05) is 6.54 Å². The van der Waals surface area contributed by atoms with Gasteiger partial charge < -0.3 is 5.32 Å². The van der Waals surface area contributed by atoms with Crippen molar-refractivity contribution in [1.29, 1.82) is 0 Å². The number of fused-ring (bicyclic) bond motifs is 1. The van der Waals surface area contributed by atoms with E-state index in [1.54, 1.807) is 0 Å². The SMILES string of the molecule is Cc1cccc2sc([C@H]3CCN[C@@H](C)C3)nc12. The minimum absolute atomic E-state index is 0.627. The third-order valence-electron chi connectivity index (χ3n) is 3.61. The lowest BCUT2D eigenvalue weighted by Crippen LogP contribution is -2.34. The Morgan fingerprint density at radius 3 is 3.06 bits per heavy atom. The summed E-state index contributed by atoms with van der Waals surface area (Å²) in [5, 5.41) is 4.84. The van der Waals surface area contributed by atoms with Crippen molar-refractivity contribution >= 4 is 21.6 Å². The number of nitrogens with zero attached hydrogens (tertiary/aromatic N) is 1. The highest BCUT2D eigenvalue weighted by Gasteiger charge is 2.22. The van der Waals surface area contributed by atoms with Gasteiger partial charge in [0.15, 0.2) is 0 Å². The molecule has 0 spiro atoms. The molecule has 0 unspecified atom stereocenters. The highest BCUT2D eigenvalue weighted by molar-refractivity contribution is 7.18. The van der Waals surface area contributed by atoms with Crippen molar-refractivity contribution in [3.05, 3.63) is 28.8 Å². The Bertz CT molecular complexity index is 532. The number of aromatic nitrogens is 1. The molecule has 1 fully saturated rings. The van der Waals surface area contributed by atoms with Crippen molar-refractivity contribution in [3.8, 4) is 0 Å². The molecule has 1 N–H and O–H groups in total. The first-order valence-electron chi connectivity index (χ1n) is 6.33. The van der Waals surface area contributed by atoms with Gasteiger partial charge in [0.05, 0.1) is 15.2 Å². The van der Waals surface area contributed by atoms with Gasteiger partial charge in [0.2, 0.25) is 0 Å². The lowest BCUT2D eigenvalue weighted by molar-refractivity contribution is 0.381. The Balaban J connectivity index is 1.97. The van der Waals surface area contributed by atoms with E-state index >= 15 is 0 Å². The van der Waals surface area contributed by atoms with E-state index in [0.717, 1.165) is 6.54 Å². The fourth-order valence-corrected chi connectivity index (χ4v) is 3.83. The van der Waals surface area contributed by atoms with Crippen LogP contribution in [0.3, 0.4) is 0 Å². The summed E-state index contributed by atoms with van der Waals surface area (Å²) >= 11 is 1.88. The van der Waals surface area contributed by atoms with Crippen LogP contribution in [0.1, 0.15) is 36.3 Å².